The molecule has 0 spiro atoms. The van der Waals surface area contributed by atoms with Crippen LogP contribution in [0.5, 0.6) is 0 Å². The van der Waals surface area contributed by atoms with Crippen LogP contribution in [0.25, 0.3) is 0 Å². The first-order valence-corrected chi connectivity index (χ1v) is 36.3. The molecule has 0 aromatic rings. The third-order valence-electron chi connectivity index (χ3n) is 14.6. The molecule has 0 saturated carbocycles. The van der Waals surface area contributed by atoms with Crippen LogP contribution in [0.4, 0.5) is 0 Å². The minimum absolute atomic E-state index is 0.102. The third-order valence-corrected chi connectivity index (χ3v) is 16.5. The smallest absolute Gasteiger partial charge is 0.462 e. The number of phosphoric acid groups is 2. The van der Waals surface area contributed by atoms with Crippen LogP contribution in [0.1, 0.15) is 312 Å². The summed E-state index contributed by atoms with van der Waals surface area (Å²) < 4.78 is 67.8. The zero-order valence-corrected chi connectivity index (χ0v) is 55.4. The molecule has 0 saturated heterocycles. The number of aliphatic hydroxyl groups excluding tert-OH is 1. The summed E-state index contributed by atoms with van der Waals surface area (Å²) >= 11 is 0. The Morgan fingerprint density at radius 1 is 0.325 bits per heavy atom. The lowest BCUT2D eigenvalue weighted by Crippen LogP contribution is -2.30. The van der Waals surface area contributed by atoms with Crippen molar-refractivity contribution >= 4 is 39.5 Å². The van der Waals surface area contributed by atoms with E-state index in [0.717, 1.165) is 109 Å². The summed E-state index contributed by atoms with van der Waals surface area (Å²) in [6.07, 6.45) is 36.8. The molecular weight excluding hydrogens is 1100 g/mol. The molecule has 492 valence electrons. The summed E-state index contributed by atoms with van der Waals surface area (Å²) in [6, 6.07) is 0. The number of hydrogen-bond donors (Lipinski definition) is 3. The molecular formula is C64H124O17P2. The van der Waals surface area contributed by atoms with Gasteiger partial charge in [-0.15, -0.1) is 0 Å². The number of esters is 4. The van der Waals surface area contributed by atoms with Gasteiger partial charge in [0.25, 0.3) is 0 Å². The topological polar surface area (TPSA) is 237 Å². The van der Waals surface area contributed by atoms with Crippen LogP contribution in [-0.2, 0) is 65.4 Å². The summed E-state index contributed by atoms with van der Waals surface area (Å²) in [4.78, 5) is 71.9. The van der Waals surface area contributed by atoms with Gasteiger partial charge in [-0.2, -0.15) is 0 Å². The molecule has 19 heteroatoms. The summed E-state index contributed by atoms with van der Waals surface area (Å²) in [5, 5.41) is 10.5. The van der Waals surface area contributed by atoms with Crippen molar-refractivity contribution in [2.24, 2.45) is 17.8 Å². The number of ether oxygens (including phenoxy) is 4. The second-order valence-electron chi connectivity index (χ2n) is 24.6. The van der Waals surface area contributed by atoms with Crippen LogP contribution in [0.15, 0.2) is 0 Å². The maximum absolute atomic E-state index is 13.0. The summed E-state index contributed by atoms with van der Waals surface area (Å²) in [7, 11) is -9.88. The van der Waals surface area contributed by atoms with Crippen LogP contribution >= 0.6 is 15.6 Å². The van der Waals surface area contributed by atoms with Crippen LogP contribution in [0, 0.1) is 17.8 Å². The Labute approximate surface area is 505 Å². The van der Waals surface area contributed by atoms with Gasteiger partial charge in [-0.05, 0) is 43.4 Å². The molecule has 5 atom stereocenters. The van der Waals surface area contributed by atoms with Gasteiger partial charge in [0.1, 0.15) is 19.3 Å². The van der Waals surface area contributed by atoms with E-state index in [9.17, 15) is 43.2 Å². The van der Waals surface area contributed by atoms with Gasteiger partial charge in [-0.25, -0.2) is 9.13 Å². The molecule has 83 heavy (non-hydrogen) atoms. The van der Waals surface area contributed by atoms with E-state index < -0.39 is 97.5 Å². The van der Waals surface area contributed by atoms with Crippen molar-refractivity contribution in [1.29, 1.82) is 0 Å². The molecule has 0 rings (SSSR count). The SMILES string of the molecule is CCCCCCCC(=O)OC[C@H](COP(=O)(O)OC[C@H](O)COP(=O)(O)OC[C@@H](COC(=O)CCCCCCCCCC(C)C)OC(=O)CCCCCCCCCCCCCCCCCC(C)C)OC(=O)CCCCCCCCCC(C)C. The predicted octanol–water partition coefficient (Wildman–Crippen LogP) is 17.5. The van der Waals surface area contributed by atoms with E-state index in [1.165, 1.54) is 109 Å². The average Bonchev–Trinajstić information content (AvgIpc) is 3.47. The number of hydrogen-bond acceptors (Lipinski definition) is 15. The molecule has 17 nitrogen and oxygen atoms in total. The van der Waals surface area contributed by atoms with Gasteiger partial charge in [-0.3, -0.25) is 37.3 Å². The van der Waals surface area contributed by atoms with Gasteiger partial charge in [0.05, 0.1) is 26.4 Å². The Morgan fingerprint density at radius 3 is 0.819 bits per heavy atom. The van der Waals surface area contributed by atoms with E-state index in [4.69, 9.17) is 37.0 Å². The van der Waals surface area contributed by atoms with Gasteiger partial charge in [-0.1, -0.05) is 260 Å². The van der Waals surface area contributed by atoms with Gasteiger partial charge in [0.2, 0.25) is 0 Å². The number of carbonyl (C=O) groups excluding carboxylic acids is 4. The number of aliphatic hydroxyl groups is 1. The van der Waals surface area contributed by atoms with E-state index in [-0.39, 0.29) is 25.7 Å². The average molecular weight is 1230 g/mol. The normalized spacial score (nSPS) is 14.4. The van der Waals surface area contributed by atoms with E-state index >= 15 is 0 Å². The molecule has 0 amide bonds. The van der Waals surface area contributed by atoms with Crippen molar-refractivity contribution in [2.75, 3.05) is 39.6 Å². The molecule has 0 radical (unpaired) electrons. The first-order chi connectivity index (χ1) is 39.7. The highest BCUT2D eigenvalue weighted by Gasteiger charge is 2.30. The Balaban J connectivity index is 5.13. The highest BCUT2D eigenvalue weighted by molar-refractivity contribution is 7.47. The van der Waals surface area contributed by atoms with Crippen molar-refractivity contribution in [1.82, 2.24) is 0 Å². The molecule has 0 aliphatic rings. The molecule has 3 N–H and O–H groups in total. The van der Waals surface area contributed by atoms with Crippen molar-refractivity contribution in [3.63, 3.8) is 0 Å². The van der Waals surface area contributed by atoms with Crippen molar-refractivity contribution in [2.45, 2.75) is 330 Å². The molecule has 0 aromatic heterocycles. The first-order valence-electron chi connectivity index (χ1n) is 33.3. The fourth-order valence-electron chi connectivity index (χ4n) is 9.48. The molecule has 0 aliphatic heterocycles. The van der Waals surface area contributed by atoms with Crippen LogP contribution in [0.3, 0.4) is 0 Å². The second-order valence-corrected chi connectivity index (χ2v) is 27.5. The zero-order valence-electron chi connectivity index (χ0n) is 53.6. The Kier molecular flexibility index (Phi) is 54.1. The van der Waals surface area contributed by atoms with E-state index in [1.807, 2.05) is 0 Å². The van der Waals surface area contributed by atoms with Gasteiger partial charge >= 0.3 is 39.5 Å². The molecule has 0 fully saturated rings. The monoisotopic (exact) mass is 1230 g/mol. The van der Waals surface area contributed by atoms with Crippen LogP contribution in [-0.4, -0.2) is 96.7 Å². The second kappa shape index (κ2) is 55.4. The number of rotatable bonds is 62. The predicted molar refractivity (Wildman–Crippen MR) is 331 cm³/mol. The molecule has 2 unspecified atom stereocenters. The molecule has 0 aliphatic carbocycles. The van der Waals surface area contributed by atoms with Crippen molar-refractivity contribution < 1.29 is 80.2 Å². The fourth-order valence-corrected chi connectivity index (χ4v) is 11.1. The van der Waals surface area contributed by atoms with Gasteiger partial charge in [0, 0.05) is 25.7 Å². The highest BCUT2D eigenvalue weighted by Crippen LogP contribution is 2.45. The fraction of sp³-hybridized carbons (Fsp3) is 0.938. The number of unbranched alkanes of at least 4 members (excludes halogenated alkanes) is 30. The maximum atomic E-state index is 13.0. The van der Waals surface area contributed by atoms with E-state index in [0.29, 0.717) is 37.5 Å². The third kappa shape index (κ3) is 58.8. The Bertz CT molecular complexity index is 1650. The lowest BCUT2D eigenvalue weighted by molar-refractivity contribution is -0.161. The number of phosphoric ester groups is 2. The lowest BCUT2D eigenvalue weighted by atomic mass is 10.0. The van der Waals surface area contributed by atoms with Gasteiger partial charge in [0.15, 0.2) is 12.2 Å². The number of carbonyl (C=O) groups is 4. The van der Waals surface area contributed by atoms with Gasteiger partial charge < -0.3 is 33.8 Å². The highest BCUT2D eigenvalue weighted by atomic mass is 31.2. The van der Waals surface area contributed by atoms with E-state index in [2.05, 4.69) is 48.5 Å². The first kappa shape index (κ1) is 81.1. The Hall–Kier alpha value is -1.94. The molecule has 0 heterocycles. The minimum Gasteiger partial charge on any atom is -0.462 e. The van der Waals surface area contributed by atoms with Crippen molar-refractivity contribution in [3.05, 3.63) is 0 Å². The summed E-state index contributed by atoms with van der Waals surface area (Å²) in [5.41, 5.74) is 0. The van der Waals surface area contributed by atoms with Crippen LogP contribution < -0.4 is 0 Å². The lowest BCUT2D eigenvalue weighted by Gasteiger charge is -2.21. The molecule has 0 bridgehead atoms. The summed E-state index contributed by atoms with van der Waals surface area (Å²) in [6.45, 7) is 11.6. The van der Waals surface area contributed by atoms with E-state index in [1.54, 1.807) is 0 Å². The summed E-state index contributed by atoms with van der Waals surface area (Å²) in [5.74, 6) is 0.0546. The standard InChI is InChI=1S/C64H124O17P2/c1-8-9-10-28-38-45-61(66)74-51-59(80-64(69)48-41-34-27-21-24-31-37-44-57(6)7)53-78-82(70,71)76-49-58(65)50-77-83(72,73)79-54-60(52-75-62(67)46-39-32-26-20-23-30-36-43-56(4)5)81-63(68)47-40-33-25-19-17-15-13-11-12-14-16-18-22-29-35-42-55(2)3/h55-60,65H,8-54H2,1-7H3,(H,70,71)(H,72,73)/t58-,59+,60+/m0/s1. The maximum Gasteiger partial charge on any atom is 0.472 e. The van der Waals surface area contributed by atoms with Crippen molar-refractivity contribution in [3.8, 4) is 0 Å². The quantitative estimate of drug-likeness (QED) is 0.0222. The molecule has 0 aromatic carbocycles. The largest absolute Gasteiger partial charge is 0.472 e. The minimum atomic E-state index is -4.94. The zero-order chi connectivity index (χ0) is 61.7. The van der Waals surface area contributed by atoms with Crippen LogP contribution in [0.2, 0.25) is 0 Å². The Morgan fingerprint density at radius 2 is 0.554 bits per heavy atom.